The van der Waals surface area contributed by atoms with Gasteiger partial charge in [-0.05, 0) is 44.9 Å². The van der Waals surface area contributed by atoms with E-state index in [1.165, 1.54) is 6.07 Å². The summed E-state index contributed by atoms with van der Waals surface area (Å²) in [5, 5.41) is 9.56. The molecule has 0 spiro atoms. The zero-order valence-electron chi connectivity index (χ0n) is 14.4. The molecule has 25 heavy (non-hydrogen) atoms. The van der Waals surface area contributed by atoms with Gasteiger partial charge in [-0.15, -0.1) is 0 Å². The number of hydrogen-bond acceptors (Lipinski definition) is 3. The van der Waals surface area contributed by atoms with E-state index in [9.17, 15) is 18.7 Å². The van der Waals surface area contributed by atoms with Crippen LogP contribution in [0.5, 0.6) is 0 Å². The summed E-state index contributed by atoms with van der Waals surface area (Å²) >= 11 is 0. The molecular weight excluding hydrogens is 326 g/mol. The molecule has 1 N–H and O–H groups in total. The van der Waals surface area contributed by atoms with Crippen LogP contribution in [0.1, 0.15) is 34.6 Å². The number of likely N-dealkylation sites (tertiary alicyclic amines) is 1. The van der Waals surface area contributed by atoms with Crippen LogP contribution in [0.2, 0.25) is 0 Å². The van der Waals surface area contributed by atoms with E-state index in [1.54, 1.807) is 17.6 Å². The van der Waals surface area contributed by atoms with E-state index in [0.29, 0.717) is 49.4 Å². The fourth-order valence-corrected chi connectivity index (χ4v) is 3.43. The lowest BCUT2D eigenvalue weighted by Crippen LogP contribution is -2.39. The molecule has 0 saturated carbocycles. The maximum absolute atomic E-state index is 13.6. The molecule has 134 valence electrons. The number of hydrogen-bond donors (Lipinski definition) is 1. The van der Waals surface area contributed by atoms with Crippen molar-refractivity contribution in [1.29, 1.82) is 0 Å². The Morgan fingerprint density at radius 2 is 1.84 bits per heavy atom. The van der Waals surface area contributed by atoms with E-state index in [2.05, 4.69) is 0 Å². The lowest BCUT2D eigenvalue weighted by Gasteiger charge is -2.28. The Hall–Kier alpha value is -2.05. The summed E-state index contributed by atoms with van der Waals surface area (Å²) in [4.78, 5) is 14.7. The second-order valence-electron chi connectivity index (χ2n) is 6.65. The van der Waals surface area contributed by atoms with Gasteiger partial charge >= 0.3 is 0 Å². The van der Waals surface area contributed by atoms with Gasteiger partial charge in [0.15, 0.2) is 17.4 Å². The Labute approximate surface area is 145 Å². The minimum Gasteiger partial charge on any atom is -0.393 e. The third-order valence-corrected chi connectivity index (χ3v) is 4.82. The Morgan fingerprint density at radius 1 is 1.16 bits per heavy atom. The van der Waals surface area contributed by atoms with Crippen LogP contribution < -0.4 is 0 Å². The van der Waals surface area contributed by atoms with Crippen molar-refractivity contribution >= 4 is 5.78 Å². The second-order valence-corrected chi connectivity index (χ2v) is 6.65. The van der Waals surface area contributed by atoms with Crippen molar-refractivity contribution in [2.45, 2.75) is 32.8 Å². The average Bonchev–Trinajstić information content (AvgIpc) is 2.87. The Morgan fingerprint density at radius 3 is 2.48 bits per heavy atom. The first kappa shape index (κ1) is 17.8. The lowest BCUT2D eigenvalue weighted by atomic mass is 10.1. The van der Waals surface area contributed by atoms with E-state index in [4.69, 9.17) is 0 Å². The molecule has 0 bridgehead atoms. The molecule has 6 heteroatoms. The van der Waals surface area contributed by atoms with Gasteiger partial charge in [-0.3, -0.25) is 9.69 Å². The van der Waals surface area contributed by atoms with Gasteiger partial charge in [0.2, 0.25) is 0 Å². The van der Waals surface area contributed by atoms with Crippen molar-refractivity contribution in [1.82, 2.24) is 9.47 Å². The zero-order valence-corrected chi connectivity index (χ0v) is 14.4. The number of Topliss-reactive ketones (excluding diaryl/α,β-unsaturated/α-hetero) is 1. The highest BCUT2D eigenvalue weighted by Gasteiger charge is 2.22. The summed E-state index contributed by atoms with van der Waals surface area (Å²) in [7, 11) is 0. The highest BCUT2D eigenvalue weighted by molar-refractivity contribution is 5.99. The van der Waals surface area contributed by atoms with E-state index in [-0.39, 0.29) is 11.9 Å². The molecule has 1 aromatic carbocycles. The zero-order chi connectivity index (χ0) is 18.1. The third kappa shape index (κ3) is 3.65. The molecule has 1 saturated heterocycles. The monoisotopic (exact) mass is 348 g/mol. The van der Waals surface area contributed by atoms with Crippen molar-refractivity contribution in [3.05, 3.63) is 52.9 Å². The van der Waals surface area contributed by atoms with Gasteiger partial charge in [0.1, 0.15) is 0 Å². The molecule has 3 rings (SSSR count). The van der Waals surface area contributed by atoms with E-state index in [0.717, 1.165) is 17.8 Å². The van der Waals surface area contributed by atoms with Crippen LogP contribution in [0.25, 0.3) is 5.69 Å². The third-order valence-electron chi connectivity index (χ3n) is 4.82. The normalized spacial score (nSPS) is 16.4. The van der Waals surface area contributed by atoms with Gasteiger partial charge in [0, 0.05) is 41.8 Å². The first-order valence-corrected chi connectivity index (χ1v) is 8.45. The lowest BCUT2D eigenvalue weighted by molar-refractivity contribution is 0.0710. The minimum absolute atomic E-state index is 0.00155. The molecule has 1 aromatic heterocycles. The predicted octanol–water partition coefficient (Wildman–Crippen LogP) is 3.01. The number of aliphatic hydroxyl groups is 1. The fourth-order valence-electron chi connectivity index (χ4n) is 3.43. The number of nitrogens with zero attached hydrogens (tertiary/aromatic N) is 2. The maximum atomic E-state index is 13.6. The summed E-state index contributed by atoms with van der Waals surface area (Å²) in [5.74, 6) is -1.81. The standard InChI is InChI=1S/C19H22F2N2O2/c1-12-9-16(19(25)11-22-7-5-15(24)6-8-22)13(2)23(12)14-3-4-17(20)18(21)10-14/h3-4,9-10,15,24H,5-8,11H2,1-2H3. The number of aromatic nitrogens is 1. The summed E-state index contributed by atoms with van der Waals surface area (Å²) < 4.78 is 28.5. The fraction of sp³-hybridized carbons (Fsp3) is 0.421. The van der Waals surface area contributed by atoms with Gasteiger partial charge in [-0.25, -0.2) is 8.78 Å². The molecule has 0 unspecified atom stereocenters. The molecule has 0 amide bonds. The summed E-state index contributed by atoms with van der Waals surface area (Å²) in [6.07, 6.45) is 1.09. The Balaban J connectivity index is 1.83. The van der Waals surface area contributed by atoms with Crippen molar-refractivity contribution in [2.24, 2.45) is 0 Å². The Kier molecular flexibility index (Phi) is 5.01. The summed E-state index contributed by atoms with van der Waals surface area (Å²) in [6.45, 7) is 5.35. The molecule has 1 aliphatic rings. The van der Waals surface area contributed by atoms with Crippen LogP contribution in [0.4, 0.5) is 8.78 Å². The molecule has 0 radical (unpaired) electrons. The number of rotatable bonds is 4. The van der Waals surface area contributed by atoms with Gasteiger partial charge in [-0.1, -0.05) is 0 Å². The molecule has 0 atom stereocenters. The SMILES string of the molecule is Cc1cc(C(=O)CN2CCC(O)CC2)c(C)n1-c1ccc(F)c(F)c1. The van der Waals surface area contributed by atoms with Gasteiger partial charge in [-0.2, -0.15) is 0 Å². The highest BCUT2D eigenvalue weighted by atomic mass is 19.2. The number of carbonyl (C=O) groups is 1. The first-order chi connectivity index (χ1) is 11.9. The number of halogens is 2. The quantitative estimate of drug-likeness (QED) is 0.864. The van der Waals surface area contributed by atoms with Gasteiger partial charge in [0.05, 0.1) is 12.6 Å². The van der Waals surface area contributed by atoms with Crippen molar-refractivity contribution in [2.75, 3.05) is 19.6 Å². The number of ketones is 1. The topological polar surface area (TPSA) is 45.5 Å². The molecule has 0 aliphatic carbocycles. The molecular formula is C19H22F2N2O2. The number of aliphatic hydroxyl groups excluding tert-OH is 1. The van der Waals surface area contributed by atoms with E-state index in [1.807, 2.05) is 11.8 Å². The number of aryl methyl sites for hydroxylation is 1. The molecule has 2 aromatic rings. The van der Waals surface area contributed by atoms with E-state index >= 15 is 0 Å². The predicted molar refractivity (Wildman–Crippen MR) is 91.2 cm³/mol. The summed E-state index contributed by atoms with van der Waals surface area (Å²) in [6, 6.07) is 5.51. The highest BCUT2D eigenvalue weighted by Crippen LogP contribution is 2.23. The molecule has 1 fully saturated rings. The first-order valence-electron chi connectivity index (χ1n) is 8.45. The van der Waals surface area contributed by atoms with Crippen molar-refractivity contribution in [3.8, 4) is 5.69 Å². The Bertz CT molecular complexity index is 793. The smallest absolute Gasteiger partial charge is 0.178 e. The van der Waals surface area contributed by atoms with Crippen LogP contribution in [0.15, 0.2) is 24.3 Å². The number of piperidine rings is 1. The van der Waals surface area contributed by atoms with Crippen LogP contribution in [-0.4, -0.2) is 46.1 Å². The second kappa shape index (κ2) is 7.06. The van der Waals surface area contributed by atoms with Crippen LogP contribution in [-0.2, 0) is 0 Å². The number of benzene rings is 1. The number of carbonyl (C=O) groups excluding carboxylic acids is 1. The van der Waals surface area contributed by atoms with Crippen LogP contribution in [0, 0.1) is 25.5 Å². The van der Waals surface area contributed by atoms with Crippen molar-refractivity contribution in [3.63, 3.8) is 0 Å². The van der Waals surface area contributed by atoms with Gasteiger partial charge < -0.3 is 9.67 Å². The molecule has 2 heterocycles. The van der Waals surface area contributed by atoms with Crippen LogP contribution >= 0.6 is 0 Å². The largest absolute Gasteiger partial charge is 0.393 e. The minimum atomic E-state index is -0.912. The maximum Gasteiger partial charge on any atom is 0.178 e. The average molecular weight is 348 g/mol. The van der Waals surface area contributed by atoms with Crippen molar-refractivity contribution < 1.29 is 18.7 Å². The molecule has 4 nitrogen and oxygen atoms in total. The van der Waals surface area contributed by atoms with E-state index < -0.39 is 11.6 Å². The molecule has 1 aliphatic heterocycles. The summed E-state index contributed by atoms with van der Waals surface area (Å²) in [5.41, 5.74) is 2.59. The van der Waals surface area contributed by atoms with Crippen LogP contribution in [0.3, 0.4) is 0 Å². The van der Waals surface area contributed by atoms with Gasteiger partial charge in [0.25, 0.3) is 0 Å².